The third-order valence-corrected chi connectivity index (χ3v) is 5.79. The fourth-order valence-electron chi connectivity index (χ4n) is 3.40. The number of rotatable bonds is 2. The Bertz CT molecular complexity index is 423. The van der Waals surface area contributed by atoms with Crippen LogP contribution in [0.4, 0.5) is 5.69 Å². The number of anilines is 1. The first-order valence-corrected chi connectivity index (χ1v) is 8.31. The summed E-state index contributed by atoms with van der Waals surface area (Å²) in [5.74, 6) is 0. The van der Waals surface area contributed by atoms with Crippen molar-refractivity contribution >= 4 is 17.4 Å². The summed E-state index contributed by atoms with van der Waals surface area (Å²) in [5, 5.41) is 0.663. The first kappa shape index (κ1) is 13.3. The molecular formula is C16H23NOS. The molecule has 3 heteroatoms. The van der Waals surface area contributed by atoms with E-state index >= 15 is 0 Å². The van der Waals surface area contributed by atoms with E-state index in [0.717, 1.165) is 18.7 Å². The molecule has 3 rings (SSSR count). The average molecular weight is 277 g/mol. The second-order valence-electron chi connectivity index (χ2n) is 5.86. The first-order valence-electron chi connectivity index (χ1n) is 7.43. The van der Waals surface area contributed by atoms with Gasteiger partial charge in [-0.1, -0.05) is 31.4 Å². The van der Waals surface area contributed by atoms with E-state index < -0.39 is 0 Å². The molecule has 0 bridgehead atoms. The summed E-state index contributed by atoms with van der Waals surface area (Å²) in [4.78, 5) is 1.24. The molecule has 1 aromatic carbocycles. The number of benzene rings is 1. The number of nitrogen functional groups attached to an aromatic ring is 1. The lowest BCUT2D eigenvalue weighted by Gasteiger charge is -2.43. The van der Waals surface area contributed by atoms with E-state index in [9.17, 15) is 0 Å². The van der Waals surface area contributed by atoms with Gasteiger partial charge in [0, 0.05) is 22.4 Å². The molecule has 1 aliphatic carbocycles. The fourth-order valence-corrected chi connectivity index (χ4v) is 4.72. The van der Waals surface area contributed by atoms with Gasteiger partial charge in [0.25, 0.3) is 0 Å². The molecular weight excluding hydrogens is 254 g/mol. The van der Waals surface area contributed by atoms with Gasteiger partial charge in [-0.15, -0.1) is 11.8 Å². The number of nitrogens with two attached hydrogens (primary N) is 1. The molecule has 1 spiro atoms. The number of thioether (sulfide) groups is 1. The summed E-state index contributed by atoms with van der Waals surface area (Å²) < 4.78 is 6.16. The zero-order valence-corrected chi connectivity index (χ0v) is 12.3. The van der Waals surface area contributed by atoms with Crippen LogP contribution in [0.2, 0.25) is 0 Å². The van der Waals surface area contributed by atoms with Crippen molar-refractivity contribution in [3.05, 3.63) is 24.3 Å². The maximum absolute atomic E-state index is 6.16. The topological polar surface area (TPSA) is 35.2 Å². The predicted molar refractivity (Wildman–Crippen MR) is 81.5 cm³/mol. The maximum atomic E-state index is 6.16. The molecule has 0 aromatic heterocycles. The minimum atomic E-state index is 0.192. The number of hydrogen-bond donors (Lipinski definition) is 1. The zero-order chi connectivity index (χ0) is 13.1. The highest BCUT2D eigenvalue weighted by atomic mass is 32.2. The summed E-state index contributed by atoms with van der Waals surface area (Å²) in [5.41, 5.74) is 7.16. The van der Waals surface area contributed by atoms with Crippen LogP contribution in [0.5, 0.6) is 0 Å². The van der Waals surface area contributed by atoms with Gasteiger partial charge >= 0.3 is 0 Å². The molecule has 1 aromatic rings. The van der Waals surface area contributed by atoms with Gasteiger partial charge in [-0.25, -0.2) is 0 Å². The molecule has 2 fully saturated rings. The van der Waals surface area contributed by atoms with Gasteiger partial charge in [-0.2, -0.15) is 0 Å². The second kappa shape index (κ2) is 5.76. The third kappa shape index (κ3) is 3.09. The Hall–Kier alpha value is -0.670. The van der Waals surface area contributed by atoms with Crippen molar-refractivity contribution in [1.82, 2.24) is 0 Å². The Morgan fingerprint density at radius 3 is 2.74 bits per heavy atom. The molecule has 1 saturated heterocycles. The van der Waals surface area contributed by atoms with Gasteiger partial charge in [-0.3, -0.25) is 0 Å². The van der Waals surface area contributed by atoms with E-state index in [1.807, 2.05) is 23.9 Å². The molecule has 1 heterocycles. The summed E-state index contributed by atoms with van der Waals surface area (Å²) in [7, 11) is 0. The van der Waals surface area contributed by atoms with Crippen molar-refractivity contribution in [2.24, 2.45) is 0 Å². The van der Waals surface area contributed by atoms with Crippen LogP contribution in [-0.2, 0) is 4.74 Å². The molecule has 19 heavy (non-hydrogen) atoms. The lowest BCUT2D eigenvalue weighted by atomic mass is 9.80. The van der Waals surface area contributed by atoms with Gasteiger partial charge in [0.1, 0.15) is 0 Å². The lowest BCUT2D eigenvalue weighted by molar-refractivity contribution is -0.0970. The van der Waals surface area contributed by atoms with Crippen LogP contribution in [0.15, 0.2) is 29.2 Å². The van der Waals surface area contributed by atoms with Gasteiger partial charge in [0.05, 0.1) is 5.60 Å². The van der Waals surface area contributed by atoms with Crippen molar-refractivity contribution in [2.75, 3.05) is 12.3 Å². The van der Waals surface area contributed by atoms with E-state index in [1.54, 1.807) is 0 Å². The van der Waals surface area contributed by atoms with Crippen LogP contribution in [0.3, 0.4) is 0 Å². The largest absolute Gasteiger partial charge is 0.398 e. The van der Waals surface area contributed by atoms with Gasteiger partial charge in [0.2, 0.25) is 0 Å². The van der Waals surface area contributed by atoms with Gasteiger partial charge < -0.3 is 10.5 Å². The van der Waals surface area contributed by atoms with Gasteiger partial charge in [0.15, 0.2) is 0 Å². The van der Waals surface area contributed by atoms with Crippen molar-refractivity contribution in [1.29, 1.82) is 0 Å². The van der Waals surface area contributed by atoms with Crippen LogP contribution in [0, 0.1) is 0 Å². The minimum absolute atomic E-state index is 0.192. The Balaban J connectivity index is 1.67. The van der Waals surface area contributed by atoms with Crippen LogP contribution in [0.25, 0.3) is 0 Å². The predicted octanol–water partition coefficient (Wildman–Crippen LogP) is 4.24. The number of para-hydroxylation sites is 1. The van der Waals surface area contributed by atoms with E-state index in [4.69, 9.17) is 10.5 Å². The standard InChI is InChI=1S/C16H23NOS/c17-14-6-2-3-7-15(14)19-13-8-11-18-16(12-13)9-4-1-5-10-16/h2-3,6-7,13H,1,4-5,8-12,17H2. The Labute approximate surface area is 120 Å². The molecule has 0 amide bonds. The summed E-state index contributed by atoms with van der Waals surface area (Å²) in [6.07, 6.45) is 8.93. The summed E-state index contributed by atoms with van der Waals surface area (Å²) in [6.45, 7) is 0.921. The average Bonchev–Trinajstić information content (AvgIpc) is 2.42. The first-order chi connectivity index (χ1) is 9.27. The molecule has 104 valence electrons. The molecule has 1 unspecified atom stereocenters. The van der Waals surface area contributed by atoms with Crippen LogP contribution < -0.4 is 5.73 Å². The van der Waals surface area contributed by atoms with E-state index in [0.29, 0.717) is 5.25 Å². The van der Waals surface area contributed by atoms with E-state index in [-0.39, 0.29) is 5.60 Å². The molecule has 1 atom stereocenters. The van der Waals surface area contributed by atoms with Crippen LogP contribution in [0.1, 0.15) is 44.9 Å². The second-order valence-corrected chi connectivity index (χ2v) is 7.20. The summed E-state index contributed by atoms with van der Waals surface area (Å²) >= 11 is 1.95. The monoisotopic (exact) mass is 277 g/mol. The third-order valence-electron chi connectivity index (χ3n) is 4.43. The summed E-state index contributed by atoms with van der Waals surface area (Å²) in [6, 6.07) is 8.22. The van der Waals surface area contributed by atoms with Crippen LogP contribution >= 0.6 is 11.8 Å². The minimum Gasteiger partial charge on any atom is -0.398 e. The molecule has 2 N–H and O–H groups in total. The van der Waals surface area contributed by atoms with Crippen molar-refractivity contribution < 1.29 is 4.74 Å². The maximum Gasteiger partial charge on any atom is 0.0693 e. The highest BCUT2D eigenvalue weighted by Crippen LogP contribution is 2.44. The fraction of sp³-hybridized carbons (Fsp3) is 0.625. The lowest BCUT2D eigenvalue weighted by Crippen LogP contribution is -2.42. The molecule has 2 nitrogen and oxygen atoms in total. The highest BCUT2D eigenvalue weighted by molar-refractivity contribution is 8.00. The Morgan fingerprint density at radius 2 is 1.95 bits per heavy atom. The van der Waals surface area contributed by atoms with E-state index in [1.165, 1.54) is 43.4 Å². The molecule has 2 aliphatic rings. The van der Waals surface area contributed by atoms with Crippen LogP contribution in [-0.4, -0.2) is 17.5 Å². The Morgan fingerprint density at radius 1 is 1.16 bits per heavy atom. The molecule has 1 saturated carbocycles. The normalized spacial score (nSPS) is 26.4. The smallest absolute Gasteiger partial charge is 0.0693 e. The SMILES string of the molecule is Nc1ccccc1SC1CCOC2(CCCCC2)C1. The highest BCUT2D eigenvalue weighted by Gasteiger charge is 2.38. The van der Waals surface area contributed by atoms with Crippen molar-refractivity contribution in [3.8, 4) is 0 Å². The molecule has 1 aliphatic heterocycles. The van der Waals surface area contributed by atoms with Gasteiger partial charge in [-0.05, 0) is 37.8 Å². The van der Waals surface area contributed by atoms with E-state index in [2.05, 4.69) is 12.1 Å². The molecule has 0 radical (unpaired) electrons. The zero-order valence-electron chi connectivity index (χ0n) is 11.4. The Kier molecular flexibility index (Phi) is 4.04. The van der Waals surface area contributed by atoms with Crippen molar-refractivity contribution in [2.45, 2.75) is 60.7 Å². The van der Waals surface area contributed by atoms with Crippen molar-refractivity contribution in [3.63, 3.8) is 0 Å². The number of ether oxygens (including phenoxy) is 1. The quantitative estimate of drug-likeness (QED) is 0.821. The number of hydrogen-bond acceptors (Lipinski definition) is 3.